The van der Waals surface area contributed by atoms with Crippen molar-refractivity contribution in [1.82, 2.24) is 10.2 Å². The molecule has 0 aromatic rings. The van der Waals surface area contributed by atoms with Crippen LogP contribution in [0.5, 0.6) is 0 Å². The second kappa shape index (κ2) is 4.87. The first kappa shape index (κ1) is 14.6. The highest BCUT2D eigenvalue weighted by atomic mass is 19.4. The van der Waals surface area contributed by atoms with Crippen molar-refractivity contribution in [2.24, 2.45) is 5.92 Å². The molecule has 1 aliphatic heterocycles. The summed E-state index contributed by atoms with van der Waals surface area (Å²) in [6.45, 7) is 2.57. The second-order valence-corrected chi connectivity index (χ2v) is 7.30. The van der Waals surface area contributed by atoms with Gasteiger partial charge < -0.3 is 5.32 Å². The Balaban J connectivity index is 1.78. The minimum absolute atomic E-state index is 0.0576. The molecule has 3 fully saturated rings. The molecule has 0 bridgehead atoms. The third-order valence-corrected chi connectivity index (χ3v) is 5.67. The predicted octanol–water partition coefficient (Wildman–Crippen LogP) is 3.33. The van der Waals surface area contributed by atoms with E-state index in [1.807, 2.05) is 6.92 Å². The lowest BCUT2D eigenvalue weighted by Crippen LogP contribution is -2.71. The minimum atomic E-state index is -4.09. The molecule has 0 aromatic heterocycles. The smallest absolute Gasteiger partial charge is 0.308 e. The average molecular weight is 290 g/mol. The van der Waals surface area contributed by atoms with Crippen molar-refractivity contribution in [3.8, 4) is 0 Å². The number of piperazine rings is 1. The van der Waals surface area contributed by atoms with Crippen LogP contribution in [0.1, 0.15) is 51.9 Å². The van der Waals surface area contributed by atoms with E-state index >= 15 is 0 Å². The summed E-state index contributed by atoms with van der Waals surface area (Å²) in [7, 11) is 0. The molecule has 2 saturated carbocycles. The molecule has 0 amide bonds. The van der Waals surface area contributed by atoms with E-state index in [1.165, 1.54) is 6.42 Å². The SMILES string of the molecule is CC1(C2CC2)CNC2(CCCCC2)CN1CC(F)(F)F. The second-order valence-electron chi connectivity index (χ2n) is 7.30. The zero-order valence-corrected chi connectivity index (χ0v) is 12.2. The molecule has 2 nitrogen and oxygen atoms in total. The molecule has 20 heavy (non-hydrogen) atoms. The summed E-state index contributed by atoms with van der Waals surface area (Å²) in [4.78, 5) is 1.76. The lowest BCUT2D eigenvalue weighted by atomic mass is 9.76. The van der Waals surface area contributed by atoms with Crippen LogP contribution in [0.25, 0.3) is 0 Å². The molecule has 0 radical (unpaired) electrons. The molecule has 116 valence electrons. The summed E-state index contributed by atoms with van der Waals surface area (Å²) in [5.74, 6) is 0.443. The van der Waals surface area contributed by atoms with E-state index < -0.39 is 12.7 Å². The number of nitrogens with zero attached hydrogens (tertiary/aromatic N) is 1. The van der Waals surface area contributed by atoms with E-state index in [4.69, 9.17) is 0 Å². The Kier molecular flexibility index (Phi) is 3.57. The van der Waals surface area contributed by atoms with Crippen LogP contribution in [0.2, 0.25) is 0 Å². The zero-order chi connectivity index (χ0) is 14.4. The molecule has 2 aliphatic carbocycles. The first-order chi connectivity index (χ1) is 9.33. The fourth-order valence-electron chi connectivity index (χ4n) is 4.20. The number of halogens is 3. The number of hydrogen-bond donors (Lipinski definition) is 1. The van der Waals surface area contributed by atoms with Gasteiger partial charge >= 0.3 is 6.18 Å². The van der Waals surface area contributed by atoms with E-state index in [2.05, 4.69) is 5.32 Å². The van der Waals surface area contributed by atoms with Crippen LogP contribution in [0.3, 0.4) is 0 Å². The predicted molar refractivity (Wildman–Crippen MR) is 72.6 cm³/mol. The summed E-state index contributed by atoms with van der Waals surface area (Å²) in [6, 6.07) is 0. The van der Waals surface area contributed by atoms with Crippen LogP contribution in [0.15, 0.2) is 0 Å². The van der Waals surface area contributed by atoms with Crippen molar-refractivity contribution in [2.75, 3.05) is 19.6 Å². The lowest BCUT2D eigenvalue weighted by Gasteiger charge is -2.55. The Labute approximate surface area is 119 Å². The third kappa shape index (κ3) is 2.84. The van der Waals surface area contributed by atoms with Gasteiger partial charge in [0.1, 0.15) is 0 Å². The van der Waals surface area contributed by atoms with E-state index in [9.17, 15) is 13.2 Å². The first-order valence-corrected chi connectivity index (χ1v) is 7.90. The van der Waals surface area contributed by atoms with Gasteiger partial charge in [0.25, 0.3) is 0 Å². The quantitative estimate of drug-likeness (QED) is 0.839. The van der Waals surface area contributed by atoms with E-state index in [-0.39, 0.29) is 11.1 Å². The average Bonchev–Trinajstić information content (AvgIpc) is 3.18. The molecule has 3 rings (SSSR count). The van der Waals surface area contributed by atoms with Crippen LogP contribution in [-0.2, 0) is 0 Å². The molecule has 1 N–H and O–H groups in total. The Morgan fingerprint density at radius 2 is 1.80 bits per heavy atom. The van der Waals surface area contributed by atoms with Gasteiger partial charge in [-0.1, -0.05) is 19.3 Å². The maximum atomic E-state index is 13.0. The number of rotatable bonds is 2. The molecule has 3 aliphatic rings. The minimum Gasteiger partial charge on any atom is -0.308 e. The van der Waals surface area contributed by atoms with Crippen molar-refractivity contribution in [3.63, 3.8) is 0 Å². The van der Waals surface area contributed by atoms with Crippen molar-refractivity contribution < 1.29 is 13.2 Å². The Bertz CT molecular complexity index is 359. The van der Waals surface area contributed by atoms with Crippen LogP contribution < -0.4 is 5.32 Å². The van der Waals surface area contributed by atoms with Gasteiger partial charge in [-0.2, -0.15) is 13.2 Å². The maximum Gasteiger partial charge on any atom is 0.401 e. The monoisotopic (exact) mass is 290 g/mol. The molecule has 1 atom stereocenters. The highest BCUT2D eigenvalue weighted by Gasteiger charge is 2.54. The van der Waals surface area contributed by atoms with Gasteiger partial charge in [0, 0.05) is 24.2 Å². The molecule has 1 spiro atoms. The molecule has 0 aromatic carbocycles. The number of alkyl halides is 3. The highest BCUT2D eigenvalue weighted by Crippen LogP contribution is 2.47. The lowest BCUT2D eigenvalue weighted by molar-refractivity contribution is -0.170. The molecule has 1 unspecified atom stereocenters. The Morgan fingerprint density at radius 3 is 2.35 bits per heavy atom. The van der Waals surface area contributed by atoms with Crippen LogP contribution in [0.4, 0.5) is 13.2 Å². The van der Waals surface area contributed by atoms with Crippen molar-refractivity contribution in [1.29, 1.82) is 0 Å². The fraction of sp³-hybridized carbons (Fsp3) is 1.00. The standard InChI is InChI=1S/C15H25F3N2/c1-13(12-5-6-12)9-19-14(7-3-2-4-8-14)10-20(13)11-15(16,17)18/h12,19H,2-11H2,1H3. The summed E-state index contributed by atoms with van der Waals surface area (Å²) in [5.41, 5.74) is -0.365. The van der Waals surface area contributed by atoms with E-state index in [0.717, 1.165) is 38.5 Å². The van der Waals surface area contributed by atoms with Gasteiger partial charge in [0.05, 0.1) is 6.54 Å². The van der Waals surface area contributed by atoms with Gasteiger partial charge in [-0.15, -0.1) is 0 Å². The summed E-state index contributed by atoms with van der Waals surface area (Å²) in [6.07, 6.45) is 3.65. The summed E-state index contributed by atoms with van der Waals surface area (Å²) >= 11 is 0. The Hall–Kier alpha value is -0.290. The Morgan fingerprint density at radius 1 is 1.15 bits per heavy atom. The summed E-state index contributed by atoms with van der Waals surface area (Å²) < 4.78 is 38.9. The topological polar surface area (TPSA) is 15.3 Å². The normalized spacial score (nSPS) is 35.4. The maximum absolute atomic E-state index is 13.0. The van der Waals surface area contributed by atoms with E-state index in [1.54, 1.807) is 4.90 Å². The third-order valence-electron chi connectivity index (χ3n) is 5.67. The highest BCUT2D eigenvalue weighted by molar-refractivity contribution is 5.10. The first-order valence-electron chi connectivity index (χ1n) is 7.90. The van der Waals surface area contributed by atoms with Gasteiger partial charge in [0.15, 0.2) is 0 Å². The van der Waals surface area contributed by atoms with Crippen molar-refractivity contribution >= 4 is 0 Å². The number of nitrogens with one attached hydrogen (secondary N) is 1. The molecule has 1 saturated heterocycles. The van der Waals surface area contributed by atoms with Gasteiger partial charge in [-0.05, 0) is 38.5 Å². The van der Waals surface area contributed by atoms with E-state index in [0.29, 0.717) is 19.0 Å². The van der Waals surface area contributed by atoms with Crippen LogP contribution in [0, 0.1) is 5.92 Å². The van der Waals surface area contributed by atoms with Crippen molar-refractivity contribution in [2.45, 2.75) is 69.1 Å². The van der Waals surface area contributed by atoms with Gasteiger partial charge in [-0.25, -0.2) is 0 Å². The zero-order valence-electron chi connectivity index (χ0n) is 12.2. The summed E-state index contributed by atoms with van der Waals surface area (Å²) in [5, 5.41) is 3.65. The molecule has 5 heteroatoms. The molecule has 1 heterocycles. The van der Waals surface area contributed by atoms with Crippen LogP contribution >= 0.6 is 0 Å². The van der Waals surface area contributed by atoms with Crippen LogP contribution in [-0.4, -0.2) is 41.8 Å². The van der Waals surface area contributed by atoms with Crippen molar-refractivity contribution in [3.05, 3.63) is 0 Å². The van der Waals surface area contributed by atoms with Gasteiger partial charge in [0.2, 0.25) is 0 Å². The molecular weight excluding hydrogens is 265 g/mol. The fourth-order valence-corrected chi connectivity index (χ4v) is 4.20. The largest absolute Gasteiger partial charge is 0.401 e. The molecular formula is C15H25F3N2. The van der Waals surface area contributed by atoms with Gasteiger partial charge in [-0.3, -0.25) is 4.90 Å². The number of hydrogen-bond acceptors (Lipinski definition) is 2.